The molecule has 14 nitrogen and oxygen atoms in total. The van der Waals surface area contributed by atoms with Gasteiger partial charge in [-0.05, 0) is 48.6 Å². The Labute approximate surface area is 261 Å². The van der Waals surface area contributed by atoms with E-state index in [-0.39, 0.29) is 56.2 Å². The predicted molar refractivity (Wildman–Crippen MR) is 158 cm³/mol. The number of carbonyl (C=O) groups excluding carboxylic acids is 2. The van der Waals surface area contributed by atoms with Crippen LogP contribution in [0.5, 0.6) is 17.2 Å². The van der Waals surface area contributed by atoms with Crippen molar-refractivity contribution < 1.29 is 51.5 Å². The lowest BCUT2D eigenvalue weighted by Crippen LogP contribution is -2.51. The number of nitrogens with zero attached hydrogens (tertiary/aromatic N) is 1. The minimum atomic E-state index is -4.09. The number of rotatable bonds is 14. The summed E-state index contributed by atoms with van der Waals surface area (Å²) in [7, 11) is -4.09. The third-order valence-electron chi connectivity index (χ3n) is 7.71. The van der Waals surface area contributed by atoms with Gasteiger partial charge in [-0.15, -0.1) is 0 Å². The van der Waals surface area contributed by atoms with Crippen molar-refractivity contribution >= 4 is 22.0 Å². The fourth-order valence-electron chi connectivity index (χ4n) is 5.48. The largest absolute Gasteiger partial charge is 0.484 e. The fourth-order valence-corrected chi connectivity index (χ4v) is 7.12. The molecule has 246 valence electrons. The van der Waals surface area contributed by atoms with E-state index in [1.54, 1.807) is 24.3 Å². The number of hydrogen-bond acceptors (Lipinski definition) is 11. The van der Waals surface area contributed by atoms with Crippen molar-refractivity contribution in [3.05, 3.63) is 48.0 Å². The number of amides is 2. The molecule has 0 radical (unpaired) electrons. The first kappa shape index (κ1) is 32.8. The Hall–Kier alpha value is -3.63. The van der Waals surface area contributed by atoms with Crippen LogP contribution in [0, 0.1) is 11.8 Å². The standard InChI is InChI=1S/C30H39N3O11S/c1-18(2)13-33(45(37,38)21-7-8-25-26(12-21)43-17-42-25)14-24(34)23(11-19-3-5-20(6-4-19)40-16-28(31)35)32-30(36)44-27-15-41-29-22(27)9-10-39-29/h3-8,12,18,22-24,27,29,34H,9-11,13-17H2,1-2H3,(H2,31,35)(H,32,36). The molecule has 0 spiro atoms. The molecule has 3 heterocycles. The van der Waals surface area contributed by atoms with Crippen LogP contribution in [-0.4, -0.2) is 94.1 Å². The summed E-state index contributed by atoms with van der Waals surface area (Å²) in [5.41, 5.74) is 5.85. The molecule has 5 rings (SSSR count). The molecule has 5 unspecified atom stereocenters. The molecule has 4 N–H and O–H groups in total. The van der Waals surface area contributed by atoms with Crippen molar-refractivity contribution in [1.82, 2.24) is 9.62 Å². The summed E-state index contributed by atoms with van der Waals surface area (Å²) in [5, 5.41) is 14.3. The molecule has 2 saturated heterocycles. The third-order valence-corrected chi connectivity index (χ3v) is 9.54. The number of alkyl carbamates (subject to hydrolysis) is 1. The number of primary amides is 1. The van der Waals surface area contributed by atoms with Gasteiger partial charge in [-0.2, -0.15) is 4.31 Å². The first-order valence-corrected chi connectivity index (χ1v) is 16.2. The lowest BCUT2D eigenvalue weighted by molar-refractivity contribution is -0.119. The van der Waals surface area contributed by atoms with Gasteiger partial charge in [0.1, 0.15) is 11.9 Å². The summed E-state index contributed by atoms with van der Waals surface area (Å²) in [5.74, 6) is 0.401. The summed E-state index contributed by atoms with van der Waals surface area (Å²) in [6.45, 7) is 3.95. The van der Waals surface area contributed by atoms with Gasteiger partial charge in [-0.1, -0.05) is 26.0 Å². The molecule has 3 aliphatic rings. The van der Waals surface area contributed by atoms with Gasteiger partial charge in [0, 0.05) is 19.2 Å². The molecular formula is C30H39N3O11S. The van der Waals surface area contributed by atoms with Crippen molar-refractivity contribution in [2.45, 2.75) is 56.1 Å². The average molecular weight is 650 g/mol. The molecule has 2 fully saturated rings. The summed E-state index contributed by atoms with van der Waals surface area (Å²) in [4.78, 5) is 24.2. The number of fused-ring (bicyclic) bond motifs is 2. The molecule has 2 aromatic carbocycles. The molecule has 0 saturated carbocycles. The number of nitrogens with one attached hydrogen (secondary N) is 1. The maximum Gasteiger partial charge on any atom is 0.407 e. The fraction of sp³-hybridized carbons (Fsp3) is 0.533. The minimum absolute atomic E-state index is 0.00361. The Balaban J connectivity index is 1.34. The monoisotopic (exact) mass is 649 g/mol. The molecule has 2 amide bonds. The topological polar surface area (TPSA) is 185 Å². The highest BCUT2D eigenvalue weighted by Crippen LogP contribution is 2.35. The quantitative estimate of drug-likeness (QED) is 0.269. The van der Waals surface area contributed by atoms with Crippen LogP contribution in [0.1, 0.15) is 25.8 Å². The number of nitrogens with two attached hydrogens (primary N) is 1. The molecule has 15 heteroatoms. The van der Waals surface area contributed by atoms with E-state index in [9.17, 15) is 23.1 Å². The summed E-state index contributed by atoms with van der Waals surface area (Å²) < 4.78 is 61.6. The van der Waals surface area contributed by atoms with Crippen molar-refractivity contribution in [2.24, 2.45) is 17.6 Å². The van der Waals surface area contributed by atoms with Crippen LogP contribution in [0.3, 0.4) is 0 Å². The van der Waals surface area contributed by atoms with Gasteiger partial charge in [0.2, 0.25) is 16.8 Å². The number of aliphatic hydroxyl groups is 1. The molecular weight excluding hydrogens is 610 g/mol. The van der Waals surface area contributed by atoms with Crippen LogP contribution in [0.15, 0.2) is 47.4 Å². The van der Waals surface area contributed by atoms with E-state index in [0.29, 0.717) is 35.8 Å². The second-order valence-electron chi connectivity index (χ2n) is 11.6. The van der Waals surface area contributed by atoms with Crippen LogP contribution in [0.2, 0.25) is 0 Å². The van der Waals surface area contributed by atoms with Gasteiger partial charge in [-0.25, -0.2) is 13.2 Å². The minimum Gasteiger partial charge on any atom is -0.484 e. The molecule has 5 atom stereocenters. The predicted octanol–water partition coefficient (Wildman–Crippen LogP) is 1.39. The first-order chi connectivity index (χ1) is 21.5. The third kappa shape index (κ3) is 8.16. The van der Waals surface area contributed by atoms with Gasteiger partial charge in [0.05, 0.1) is 36.2 Å². The first-order valence-electron chi connectivity index (χ1n) is 14.8. The van der Waals surface area contributed by atoms with E-state index in [1.165, 1.54) is 22.5 Å². The highest BCUT2D eigenvalue weighted by atomic mass is 32.2. The summed E-state index contributed by atoms with van der Waals surface area (Å²) >= 11 is 0. The zero-order valence-electron chi connectivity index (χ0n) is 25.1. The van der Waals surface area contributed by atoms with Crippen molar-refractivity contribution in [3.63, 3.8) is 0 Å². The van der Waals surface area contributed by atoms with Crippen LogP contribution >= 0.6 is 0 Å². The van der Waals surface area contributed by atoms with E-state index in [1.807, 2.05) is 13.8 Å². The summed E-state index contributed by atoms with van der Waals surface area (Å²) in [6, 6.07) is 10.1. The lowest BCUT2D eigenvalue weighted by Gasteiger charge is -2.31. The number of benzene rings is 2. The van der Waals surface area contributed by atoms with Gasteiger partial charge in [-0.3, -0.25) is 4.79 Å². The van der Waals surface area contributed by atoms with E-state index in [0.717, 1.165) is 0 Å². The van der Waals surface area contributed by atoms with Gasteiger partial charge in [0.25, 0.3) is 5.91 Å². The van der Waals surface area contributed by atoms with Gasteiger partial charge >= 0.3 is 6.09 Å². The van der Waals surface area contributed by atoms with Crippen LogP contribution in [-0.2, 0) is 35.4 Å². The van der Waals surface area contributed by atoms with Crippen LogP contribution in [0.4, 0.5) is 4.79 Å². The van der Waals surface area contributed by atoms with E-state index >= 15 is 0 Å². The lowest BCUT2D eigenvalue weighted by atomic mass is 10.0. The van der Waals surface area contributed by atoms with Crippen molar-refractivity contribution in [2.75, 3.05) is 39.7 Å². The SMILES string of the molecule is CC(C)CN(CC(O)C(Cc1ccc(OCC(N)=O)cc1)NC(=O)OC1COC2OCCC12)S(=O)(=O)c1ccc2c(c1)OCO2. The zero-order valence-corrected chi connectivity index (χ0v) is 25.9. The molecule has 3 aliphatic heterocycles. The summed E-state index contributed by atoms with van der Waals surface area (Å²) in [6.07, 6.45) is -2.21. The van der Waals surface area contributed by atoms with Crippen molar-refractivity contribution in [3.8, 4) is 17.2 Å². The molecule has 45 heavy (non-hydrogen) atoms. The highest BCUT2D eigenvalue weighted by Gasteiger charge is 2.44. The second kappa shape index (κ2) is 14.2. The van der Waals surface area contributed by atoms with Crippen LogP contribution in [0.25, 0.3) is 0 Å². The van der Waals surface area contributed by atoms with Crippen LogP contribution < -0.4 is 25.3 Å². The Morgan fingerprint density at radius 3 is 2.58 bits per heavy atom. The number of hydrogen-bond donors (Lipinski definition) is 3. The smallest absolute Gasteiger partial charge is 0.407 e. The van der Waals surface area contributed by atoms with Crippen molar-refractivity contribution in [1.29, 1.82) is 0 Å². The average Bonchev–Trinajstić information content (AvgIpc) is 3.74. The number of aliphatic hydroxyl groups excluding tert-OH is 1. The molecule has 0 aromatic heterocycles. The maximum absolute atomic E-state index is 13.8. The number of sulfonamides is 1. The van der Waals surface area contributed by atoms with Gasteiger partial charge in [0.15, 0.2) is 24.4 Å². The molecule has 2 aromatic rings. The Morgan fingerprint density at radius 1 is 1.09 bits per heavy atom. The number of ether oxygens (including phenoxy) is 6. The Bertz CT molecular complexity index is 1450. The Kier molecular flexibility index (Phi) is 10.3. The maximum atomic E-state index is 13.8. The van der Waals surface area contributed by atoms with E-state index in [2.05, 4.69) is 5.32 Å². The molecule has 0 aliphatic carbocycles. The van der Waals surface area contributed by atoms with Gasteiger partial charge < -0.3 is 44.6 Å². The Morgan fingerprint density at radius 2 is 1.84 bits per heavy atom. The normalized spacial score (nSPS) is 21.8. The zero-order chi connectivity index (χ0) is 32.1. The molecule has 0 bridgehead atoms. The highest BCUT2D eigenvalue weighted by molar-refractivity contribution is 7.89. The van der Waals surface area contributed by atoms with E-state index < -0.39 is 46.6 Å². The second-order valence-corrected chi connectivity index (χ2v) is 13.6. The number of carbonyl (C=O) groups is 2. The van der Waals surface area contributed by atoms with E-state index in [4.69, 9.17) is 34.2 Å².